The highest BCUT2D eigenvalue weighted by atomic mass is 14.8. The average molecular weight is 338 g/mol. The third kappa shape index (κ3) is 3.00. The largest absolute Gasteiger partial charge is 0.399 e. The number of aromatic nitrogens is 2. The second kappa shape index (κ2) is 6.69. The third-order valence-corrected chi connectivity index (χ3v) is 4.35. The van der Waals surface area contributed by atoms with Crippen molar-refractivity contribution in [1.29, 1.82) is 0 Å². The van der Waals surface area contributed by atoms with Gasteiger partial charge in [-0.25, -0.2) is 9.97 Å². The van der Waals surface area contributed by atoms with E-state index in [0.29, 0.717) is 0 Å². The van der Waals surface area contributed by atoms with E-state index < -0.39 is 0 Å². The van der Waals surface area contributed by atoms with Crippen molar-refractivity contribution >= 4 is 11.4 Å². The van der Waals surface area contributed by atoms with Gasteiger partial charge in [-0.15, -0.1) is 0 Å². The van der Waals surface area contributed by atoms with Gasteiger partial charge in [0.05, 0.1) is 5.69 Å². The van der Waals surface area contributed by atoms with Crippen molar-refractivity contribution in [2.24, 2.45) is 0 Å². The lowest BCUT2D eigenvalue weighted by molar-refractivity contribution is 1.17. The SMILES string of the molecule is Nc1ccc(-c2cccc(-c3ccc(N)cc3)c2-c2ccncn2)cc1. The number of benzene rings is 3. The Balaban J connectivity index is 1.99. The van der Waals surface area contributed by atoms with Gasteiger partial charge in [-0.05, 0) is 52.6 Å². The monoisotopic (exact) mass is 338 g/mol. The maximum Gasteiger partial charge on any atom is 0.116 e. The number of hydrogen-bond donors (Lipinski definition) is 2. The van der Waals surface area contributed by atoms with Gasteiger partial charge in [0.2, 0.25) is 0 Å². The van der Waals surface area contributed by atoms with Gasteiger partial charge in [0.15, 0.2) is 0 Å². The summed E-state index contributed by atoms with van der Waals surface area (Å²) in [4.78, 5) is 8.55. The van der Waals surface area contributed by atoms with Crippen LogP contribution in [0, 0.1) is 0 Å². The highest BCUT2D eigenvalue weighted by Gasteiger charge is 2.14. The van der Waals surface area contributed by atoms with Crippen LogP contribution in [0.2, 0.25) is 0 Å². The smallest absolute Gasteiger partial charge is 0.116 e. The van der Waals surface area contributed by atoms with Gasteiger partial charge in [0.1, 0.15) is 6.33 Å². The molecule has 4 rings (SSSR count). The standard InChI is InChI=1S/C22H18N4/c23-17-8-4-15(5-9-17)19-2-1-3-20(16-6-10-18(24)11-7-16)22(19)21-12-13-25-14-26-21/h1-14H,23-24H2. The van der Waals surface area contributed by atoms with Crippen molar-refractivity contribution in [2.45, 2.75) is 0 Å². The molecule has 0 aliphatic carbocycles. The number of hydrogen-bond acceptors (Lipinski definition) is 4. The van der Waals surface area contributed by atoms with E-state index in [4.69, 9.17) is 11.5 Å². The normalized spacial score (nSPS) is 10.6. The molecule has 0 aliphatic rings. The van der Waals surface area contributed by atoms with Crippen LogP contribution in [-0.2, 0) is 0 Å². The molecule has 4 heteroatoms. The summed E-state index contributed by atoms with van der Waals surface area (Å²) in [5.41, 5.74) is 19.5. The van der Waals surface area contributed by atoms with E-state index in [1.54, 1.807) is 12.5 Å². The van der Waals surface area contributed by atoms with Crippen LogP contribution in [0.5, 0.6) is 0 Å². The summed E-state index contributed by atoms with van der Waals surface area (Å²) in [5.74, 6) is 0. The minimum atomic E-state index is 0.743. The molecule has 0 saturated carbocycles. The number of anilines is 2. The minimum Gasteiger partial charge on any atom is -0.399 e. The molecule has 1 heterocycles. The maximum absolute atomic E-state index is 5.86. The summed E-state index contributed by atoms with van der Waals surface area (Å²) >= 11 is 0. The van der Waals surface area contributed by atoms with Gasteiger partial charge in [-0.2, -0.15) is 0 Å². The van der Waals surface area contributed by atoms with Gasteiger partial charge >= 0.3 is 0 Å². The van der Waals surface area contributed by atoms with Crippen LogP contribution in [0.1, 0.15) is 0 Å². The lowest BCUT2D eigenvalue weighted by Gasteiger charge is -2.15. The van der Waals surface area contributed by atoms with Gasteiger partial charge in [0.25, 0.3) is 0 Å². The molecule has 0 spiro atoms. The van der Waals surface area contributed by atoms with Gasteiger partial charge in [-0.3, -0.25) is 0 Å². The van der Waals surface area contributed by atoms with Crippen molar-refractivity contribution < 1.29 is 0 Å². The molecule has 4 N–H and O–H groups in total. The molecule has 26 heavy (non-hydrogen) atoms. The van der Waals surface area contributed by atoms with E-state index >= 15 is 0 Å². The Hall–Kier alpha value is -3.66. The van der Waals surface area contributed by atoms with Crippen LogP contribution >= 0.6 is 0 Å². The van der Waals surface area contributed by atoms with Crippen LogP contribution in [-0.4, -0.2) is 9.97 Å². The van der Waals surface area contributed by atoms with Crippen LogP contribution in [0.15, 0.2) is 85.3 Å². The molecule has 1 aromatic heterocycles. The fraction of sp³-hybridized carbons (Fsp3) is 0. The van der Waals surface area contributed by atoms with Crippen LogP contribution in [0.3, 0.4) is 0 Å². The molecule has 0 atom stereocenters. The zero-order chi connectivity index (χ0) is 17.9. The van der Waals surface area contributed by atoms with E-state index in [2.05, 4.69) is 28.2 Å². The molecule has 3 aromatic carbocycles. The average Bonchev–Trinajstić information content (AvgIpc) is 2.69. The number of nitrogens with zero attached hydrogens (tertiary/aromatic N) is 2. The Labute approximate surface area is 152 Å². The first-order valence-corrected chi connectivity index (χ1v) is 8.33. The van der Waals surface area contributed by atoms with Gasteiger partial charge in [0, 0.05) is 23.1 Å². The van der Waals surface area contributed by atoms with E-state index in [1.165, 1.54) is 0 Å². The molecule has 0 amide bonds. The van der Waals surface area contributed by atoms with Gasteiger partial charge in [-0.1, -0.05) is 42.5 Å². The Kier molecular flexibility index (Phi) is 4.07. The number of nitrogens with two attached hydrogens (primary N) is 2. The molecule has 4 nitrogen and oxygen atoms in total. The quantitative estimate of drug-likeness (QED) is 0.533. The van der Waals surface area contributed by atoms with Crippen LogP contribution < -0.4 is 11.5 Å². The molecule has 0 aliphatic heterocycles. The van der Waals surface area contributed by atoms with Crippen molar-refractivity contribution in [2.75, 3.05) is 11.5 Å². The highest BCUT2D eigenvalue weighted by Crippen LogP contribution is 2.39. The molecule has 0 radical (unpaired) electrons. The zero-order valence-corrected chi connectivity index (χ0v) is 14.1. The molecule has 0 bridgehead atoms. The summed E-state index contributed by atoms with van der Waals surface area (Å²) in [6.45, 7) is 0. The van der Waals surface area contributed by atoms with Crippen molar-refractivity contribution in [3.8, 4) is 33.5 Å². The first-order valence-electron chi connectivity index (χ1n) is 8.33. The zero-order valence-electron chi connectivity index (χ0n) is 14.1. The van der Waals surface area contributed by atoms with E-state index in [0.717, 1.165) is 44.9 Å². The van der Waals surface area contributed by atoms with E-state index in [-0.39, 0.29) is 0 Å². The lowest BCUT2D eigenvalue weighted by Crippen LogP contribution is -1.94. The number of rotatable bonds is 3. The van der Waals surface area contributed by atoms with Crippen molar-refractivity contribution in [1.82, 2.24) is 9.97 Å². The summed E-state index contributed by atoms with van der Waals surface area (Å²) in [7, 11) is 0. The molecule has 0 fully saturated rings. The topological polar surface area (TPSA) is 77.8 Å². The summed E-state index contributed by atoms with van der Waals surface area (Å²) in [5, 5.41) is 0. The fourth-order valence-corrected chi connectivity index (χ4v) is 3.07. The van der Waals surface area contributed by atoms with Crippen LogP contribution in [0.25, 0.3) is 33.5 Å². The predicted octanol–water partition coefficient (Wildman–Crippen LogP) is 4.64. The van der Waals surface area contributed by atoms with E-state index in [1.807, 2.05) is 54.6 Å². The highest BCUT2D eigenvalue weighted by molar-refractivity contribution is 5.93. The Morgan fingerprint density at radius 3 is 1.62 bits per heavy atom. The third-order valence-electron chi connectivity index (χ3n) is 4.35. The summed E-state index contributed by atoms with van der Waals surface area (Å²) < 4.78 is 0. The molecule has 126 valence electrons. The molecular formula is C22H18N4. The van der Waals surface area contributed by atoms with E-state index in [9.17, 15) is 0 Å². The molecular weight excluding hydrogens is 320 g/mol. The molecule has 0 saturated heterocycles. The first-order chi connectivity index (χ1) is 12.7. The molecule has 0 unspecified atom stereocenters. The minimum absolute atomic E-state index is 0.743. The van der Waals surface area contributed by atoms with Crippen LogP contribution in [0.4, 0.5) is 11.4 Å². The lowest BCUT2D eigenvalue weighted by atomic mass is 9.90. The summed E-state index contributed by atoms with van der Waals surface area (Å²) in [6.07, 6.45) is 3.33. The first kappa shape index (κ1) is 15.8. The maximum atomic E-state index is 5.86. The second-order valence-electron chi connectivity index (χ2n) is 6.07. The molecule has 4 aromatic rings. The van der Waals surface area contributed by atoms with Crippen molar-refractivity contribution in [3.05, 3.63) is 85.3 Å². The summed E-state index contributed by atoms with van der Waals surface area (Å²) in [6, 6.07) is 24.0. The Morgan fingerprint density at radius 2 is 1.15 bits per heavy atom. The second-order valence-corrected chi connectivity index (χ2v) is 6.07. The predicted molar refractivity (Wildman–Crippen MR) is 107 cm³/mol. The van der Waals surface area contributed by atoms with Gasteiger partial charge < -0.3 is 11.5 Å². The Morgan fingerprint density at radius 1 is 0.615 bits per heavy atom. The fourth-order valence-electron chi connectivity index (χ4n) is 3.07. The van der Waals surface area contributed by atoms with Crippen molar-refractivity contribution in [3.63, 3.8) is 0 Å². The number of nitrogen functional groups attached to an aromatic ring is 2. The Bertz CT molecular complexity index is 960.